The molecular formula is C13H13NO4. The summed E-state index contributed by atoms with van der Waals surface area (Å²) in [5.41, 5.74) is 0.111. The molecule has 0 amide bonds. The maximum atomic E-state index is 11.4. The fourth-order valence-electron chi connectivity index (χ4n) is 1.59. The van der Waals surface area contributed by atoms with Gasteiger partial charge in [-0.1, -0.05) is 30.3 Å². The van der Waals surface area contributed by atoms with Crippen LogP contribution in [0.25, 0.3) is 0 Å². The molecule has 0 unspecified atom stereocenters. The van der Waals surface area contributed by atoms with E-state index in [0.29, 0.717) is 6.54 Å². The largest absolute Gasteiger partial charge is 0.394 e. The van der Waals surface area contributed by atoms with Crippen molar-refractivity contribution in [1.29, 1.82) is 0 Å². The first-order chi connectivity index (χ1) is 8.72. The molecule has 18 heavy (non-hydrogen) atoms. The third-order valence-electron chi connectivity index (χ3n) is 2.50. The number of hydroxylamine groups is 1. The van der Waals surface area contributed by atoms with E-state index in [4.69, 9.17) is 9.94 Å². The molecular weight excluding hydrogens is 234 g/mol. The Hall–Kier alpha value is -1.98. The van der Waals surface area contributed by atoms with Gasteiger partial charge in [-0.2, -0.15) is 0 Å². The lowest BCUT2D eigenvalue weighted by Crippen LogP contribution is -2.39. The fraction of sp³-hybridized carbons (Fsp3) is 0.231. The van der Waals surface area contributed by atoms with Crippen molar-refractivity contribution in [3.05, 3.63) is 62.4 Å². The van der Waals surface area contributed by atoms with Crippen LogP contribution in [0.5, 0.6) is 0 Å². The molecule has 0 bridgehead atoms. The van der Waals surface area contributed by atoms with E-state index in [1.807, 2.05) is 30.3 Å². The zero-order valence-corrected chi connectivity index (χ0v) is 9.70. The van der Waals surface area contributed by atoms with Gasteiger partial charge in [-0.15, -0.1) is 0 Å². The molecule has 0 atom stereocenters. The molecule has 0 saturated carbocycles. The van der Waals surface area contributed by atoms with Crippen molar-refractivity contribution in [1.82, 2.24) is 0 Å². The lowest BCUT2D eigenvalue weighted by atomic mass is 10.2. The number of aliphatic hydroxyl groups excluding tert-OH is 1. The van der Waals surface area contributed by atoms with E-state index in [1.54, 1.807) is 0 Å². The summed E-state index contributed by atoms with van der Waals surface area (Å²) in [6.07, 6.45) is 0. The second kappa shape index (κ2) is 5.57. The molecule has 94 valence electrons. The number of hydrogen-bond acceptors (Lipinski definition) is 5. The molecule has 0 heterocycles. The number of benzene rings is 1. The second-order valence-electron chi connectivity index (χ2n) is 3.80. The van der Waals surface area contributed by atoms with Crippen LogP contribution in [0, 0.1) is 0 Å². The monoisotopic (exact) mass is 247 g/mol. The Kier molecular flexibility index (Phi) is 3.86. The zero-order valence-electron chi connectivity index (χ0n) is 9.70. The van der Waals surface area contributed by atoms with Crippen LogP contribution in [0.1, 0.15) is 5.56 Å². The summed E-state index contributed by atoms with van der Waals surface area (Å²) in [6.45, 7) is 0.276. The van der Waals surface area contributed by atoms with Gasteiger partial charge < -0.3 is 5.11 Å². The summed E-state index contributed by atoms with van der Waals surface area (Å²) in [5, 5.41) is 10.1. The number of nitrogens with zero attached hydrogens (tertiary/aromatic N) is 1. The molecule has 0 radical (unpaired) electrons. The van der Waals surface area contributed by atoms with Gasteiger partial charge in [0.05, 0.1) is 19.8 Å². The van der Waals surface area contributed by atoms with Crippen molar-refractivity contribution >= 4 is 5.69 Å². The Morgan fingerprint density at radius 1 is 1.17 bits per heavy atom. The Morgan fingerprint density at radius 2 is 1.89 bits per heavy atom. The van der Waals surface area contributed by atoms with E-state index in [1.165, 1.54) is 11.1 Å². The zero-order chi connectivity index (χ0) is 13.0. The smallest absolute Gasteiger partial charge is 0.251 e. The highest BCUT2D eigenvalue weighted by atomic mass is 16.7. The highest BCUT2D eigenvalue weighted by Gasteiger charge is 2.18. The van der Waals surface area contributed by atoms with Gasteiger partial charge in [0.2, 0.25) is 5.43 Å². The van der Waals surface area contributed by atoms with Crippen LogP contribution in [0.15, 0.2) is 46.0 Å². The Morgan fingerprint density at radius 3 is 2.44 bits per heavy atom. The van der Waals surface area contributed by atoms with Crippen LogP contribution in [-0.4, -0.2) is 18.3 Å². The normalized spacial score (nSPS) is 10.7. The highest BCUT2D eigenvalue weighted by Crippen LogP contribution is 2.12. The third-order valence-corrected chi connectivity index (χ3v) is 2.50. The molecule has 2 aromatic carbocycles. The van der Waals surface area contributed by atoms with E-state index < -0.39 is 10.9 Å². The van der Waals surface area contributed by atoms with Crippen LogP contribution >= 0.6 is 0 Å². The Bertz CT molecular complexity index is 572. The van der Waals surface area contributed by atoms with Gasteiger partial charge in [0, 0.05) is 6.07 Å². The molecule has 5 nitrogen and oxygen atoms in total. The maximum absolute atomic E-state index is 11.4. The minimum atomic E-state index is -0.552. The summed E-state index contributed by atoms with van der Waals surface area (Å²) in [5.74, 6) is 0. The first kappa shape index (κ1) is 12.5. The number of aliphatic hydroxyl groups is 1. The summed E-state index contributed by atoms with van der Waals surface area (Å²) in [4.78, 5) is 27.5. The van der Waals surface area contributed by atoms with Crippen LogP contribution < -0.4 is 15.9 Å². The van der Waals surface area contributed by atoms with Crippen LogP contribution in [0.2, 0.25) is 0 Å². The lowest BCUT2D eigenvalue weighted by molar-refractivity contribution is 0.0690. The predicted octanol–water partition coefficient (Wildman–Crippen LogP) is 0.213. The summed E-state index contributed by atoms with van der Waals surface area (Å²) < 4.78 is 0. The predicted molar refractivity (Wildman–Crippen MR) is 67.0 cm³/mol. The summed E-state index contributed by atoms with van der Waals surface area (Å²) >= 11 is 0. The Labute approximate surface area is 104 Å². The fourth-order valence-corrected chi connectivity index (χ4v) is 1.59. The summed E-state index contributed by atoms with van der Waals surface area (Å²) in [7, 11) is 0. The SMILES string of the molecule is O=c1cc(N(Cc2ccccc2)OCCO)c1=O. The minimum absolute atomic E-state index is 0.0750. The van der Waals surface area contributed by atoms with Crippen molar-refractivity contribution in [2.75, 3.05) is 18.3 Å². The van der Waals surface area contributed by atoms with Gasteiger partial charge >= 0.3 is 0 Å². The molecule has 0 aromatic heterocycles. The lowest BCUT2D eigenvalue weighted by Gasteiger charge is -2.23. The second-order valence-corrected chi connectivity index (χ2v) is 3.80. The van der Waals surface area contributed by atoms with Gasteiger partial charge in [-0.05, 0) is 5.56 Å². The van der Waals surface area contributed by atoms with E-state index in [-0.39, 0.29) is 18.9 Å². The van der Waals surface area contributed by atoms with Crippen molar-refractivity contribution < 1.29 is 9.94 Å². The number of rotatable bonds is 6. The molecule has 0 aliphatic heterocycles. The number of hydrogen-bond donors (Lipinski definition) is 1. The minimum Gasteiger partial charge on any atom is -0.394 e. The summed E-state index contributed by atoms with van der Waals surface area (Å²) in [6, 6.07) is 10.7. The first-order valence-corrected chi connectivity index (χ1v) is 5.58. The Balaban J connectivity index is 2.14. The highest BCUT2D eigenvalue weighted by molar-refractivity contribution is 5.48. The van der Waals surface area contributed by atoms with Gasteiger partial charge in [-0.25, -0.2) is 5.06 Å². The van der Waals surface area contributed by atoms with Crippen LogP contribution in [0.3, 0.4) is 0 Å². The molecule has 2 rings (SSSR count). The van der Waals surface area contributed by atoms with E-state index in [0.717, 1.165) is 5.56 Å². The van der Waals surface area contributed by atoms with Crippen molar-refractivity contribution in [3.8, 4) is 0 Å². The topological polar surface area (TPSA) is 66.8 Å². The van der Waals surface area contributed by atoms with Crippen molar-refractivity contribution in [3.63, 3.8) is 0 Å². The molecule has 0 fully saturated rings. The van der Waals surface area contributed by atoms with E-state index >= 15 is 0 Å². The quantitative estimate of drug-likeness (QED) is 0.584. The average molecular weight is 247 g/mol. The molecule has 1 N–H and O–H groups in total. The van der Waals surface area contributed by atoms with Gasteiger partial charge in [-0.3, -0.25) is 14.4 Å². The van der Waals surface area contributed by atoms with Crippen LogP contribution in [0.4, 0.5) is 5.69 Å². The molecule has 0 aliphatic rings. The molecule has 0 saturated heterocycles. The molecule has 2 aromatic rings. The van der Waals surface area contributed by atoms with E-state index in [2.05, 4.69) is 0 Å². The maximum Gasteiger partial charge on any atom is 0.251 e. The van der Waals surface area contributed by atoms with Crippen molar-refractivity contribution in [2.45, 2.75) is 6.54 Å². The number of anilines is 1. The van der Waals surface area contributed by atoms with Gasteiger partial charge in [0.15, 0.2) is 0 Å². The van der Waals surface area contributed by atoms with Crippen molar-refractivity contribution in [2.24, 2.45) is 0 Å². The molecule has 0 spiro atoms. The van der Waals surface area contributed by atoms with E-state index in [9.17, 15) is 9.59 Å². The van der Waals surface area contributed by atoms with Crippen LogP contribution in [-0.2, 0) is 11.4 Å². The third kappa shape index (κ3) is 2.64. The standard InChI is InChI=1S/C13H13NO4/c15-6-7-18-14(11-8-12(16)13(11)17)9-10-4-2-1-3-5-10/h1-5,8,15H,6-7,9H2. The molecule has 5 heteroatoms. The molecule has 0 aliphatic carbocycles. The average Bonchev–Trinajstić information content (AvgIpc) is 2.41. The van der Waals surface area contributed by atoms with Gasteiger partial charge in [0.1, 0.15) is 5.69 Å². The first-order valence-electron chi connectivity index (χ1n) is 5.58. The van der Waals surface area contributed by atoms with Gasteiger partial charge in [0.25, 0.3) is 5.43 Å².